The van der Waals surface area contributed by atoms with Crippen LogP contribution in [-0.2, 0) is 9.59 Å². The monoisotopic (exact) mass is 341 g/mol. The third-order valence-electron chi connectivity index (χ3n) is 3.61. The smallest absolute Gasteiger partial charge is 0.305 e. The number of thioether (sulfide) groups is 1. The molecule has 1 atom stereocenters. The lowest BCUT2D eigenvalue weighted by molar-refractivity contribution is -0.138. The van der Waals surface area contributed by atoms with Gasteiger partial charge in [0.2, 0.25) is 5.91 Å². The van der Waals surface area contributed by atoms with E-state index in [-0.39, 0.29) is 12.3 Å². The van der Waals surface area contributed by atoms with Crippen molar-refractivity contribution in [3.63, 3.8) is 0 Å². The van der Waals surface area contributed by atoms with E-state index in [0.717, 1.165) is 33.8 Å². The molecule has 122 valence electrons. The van der Waals surface area contributed by atoms with Gasteiger partial charge in [0.05, 0.1) is 12.1 Å². The summed E-state index contributed by atoms with van der Waals surface area (Å²) in [5.41, 5.74) is 1.68. The van der Waals surface area contributed by atoms with Gasteiger partial charge in [0.15, 0.2) is 5.17 Å². The number of benzene rings is 2. The van der Waals surface area contributed by atoms with E-state index in [1.807, 2.05) is 49.4 Å². The van der Waals surface area contributed by atoms with Crippen molar-refractivity contribution in [2.75, 3.05) is 0 Å². The molecule has 3 rings (SSSR count). The van der Waals surface area contributed by atoms with E-state index < -0.39 is 11.2 Å². The van der Waals surface area contributed by atoms with Crippen molar-refractivity contribution in [1.82, 2.24) is 5.32 Å². The van der Waals surface area contributed by atoms with Crippen molar-refractivity contribution in [1.29, 1.82) is 0 Å². The summed E-state index contributed by atoms with van der Waals surface area (Å²) in [5.74, 6) is -1.36. The van der Waals surface area contributed by atoms with E-state index in [1.165, 1.54) is 0 Å². The van der Waals surface area contributed by atoms with E-state index >= 15 is 0 Å². The van der Waals surface area contributed by atoms with E-state index in [2.05, 4.69) is 15.5 Å². The summed E-state index contributed by atoms with van der Waals surface area (Å²) in [6.45, 7) is 1.85. The van der Waals surface area contributed by atoms with Gasteiger partial charge in [-0.25, -0.2) is 0 Å². The Hall–Kier alpha value is -2.67. The van der Waals surface area contributed by atoms with E-state index in [4.69, 9.17) is 5.11 Å². The summed E-state index contributed by atoms with van der Waals surface area (Å²) in [7, 11) is 0. The highest BCUT2D eigenvalue weighted by atomic mass is 32.2. The molecule has 7 heteroatoms. The number of hydrogen-bond donors (Lipinski definition) is 2. The minimum Gasteiger partial charge on any atom is -0.481 e. The highest BCUT2D eigenvalue weighted by Crippen LogP contribution is 2.23. The molecule has 1 heterocycles. The Bertz CT molecular complexity index is 871. The molecule has 0 aliphatic carbocycles. The van der Waals surface area contributed by atoms with Crippen molar-refractivity contribution in [3.05, 3.63) is 48.0 Å². The van der Waals surface area contributed by atoms with Gasteiger partial charge in [-0.3, -0.25) is 9.59 Å². The number of carbonyl (C=O) groups excluding carboxylic acids is 1. The van der Waals surface area contributed by atoms with Gasteiger partial charge < -0.3 is 10.4 Å². The molecule has 0 spiro atoms. The topological polar surface area (TPSA) is 91.1 Å². The van der Waals surface area contributed by atoms with Gasteiger partial charge >= 0.3 is 5.97 Å². The standard InChI is InChI=1S/C17H15N3O3S/c1-10(12-8-4-6-11-5-2-3-7-13(11)12)19-20-17-18-16(23)14(24-17)9-15(21)22/h2-8,14H,9H2,1H3,(H,21,22)(H,18,20,23)/b19-10-/t14-/m0/s1. The van der Waals surface area contributed by atoms with Gasteiger partial charge in [-0.1, -0.05) is 54.2 Å². The second-order valence-electron chi connectivity index (χ2n) is 5.31. The Morgan fingerprint density at radius 2 is 2.00 bits per heavy atom. The lowest BCUT2D eigenvalue weighted by atomic mass is 10.0. The van der Waals surface area contributed by atoms with Crippen molar-refractivity contribution in [2.24, 2.45) is 10.2 Å². The van der Waals surface area contributed by atoms with Crippen LogP contribution in [0.15, 0.2) is 52.7 Å². The van der Waals surface area contributed by atoms with E-state index in [0.29, 0.717) is 5.17 Å². The van der Waals surface area contributed by atoms with E-state index in [1.54, 1.807) is 0 Å². The molecule has 0 aromatic heterocycles. The maximum absolute atomic E-state index is 11.7. The minimum atomic E-state index is -1.01. The number of carbonyl (C=O) groups is 2. The second kappa shape index (κ2) is 6.84. The molecule has 0 unspecified atom stereocenters. The van der Waals surface area contributed by atoms with Crippen LogP contribution in [-0.4, -0.2) is 33.1 Å². The zero-order valence-electron chi connectivity index (χ0n) is 12.9. The molecule has 0 radical (unpaired) electrons. The third kappa shape index (κ3) is 3.46. The Balaban J connectivity index is 1.84. The summed E-state index contributed by atoms with van der Waals surface area (Å²) in [5, 5.41) is 21.5. The molecule has 24 heavy (non-hydrogen) atoms. The average molecular weight is 341 g/mol. The van der Waals surface area contributed by atoms with Crippen LogP contribution in [0, 0.1) is 0 Å². The zero-order chi connectivity index (χ0) is 17.1. The zero-order valence-corrected chi connectivity index (χ0v) is 13.7. The second-order valence-corrected chi connectivity index (χ2v) is 6.50. The van der Waals surface area contributed by atoms with Crippen LogP contribution in [0.3, 0.4) is 0 Å². The number of fused-ring (bicyclic) bond motifs is 1. The molecule has 2 N–H and O–H groups in total. The molecular formula is C17H15N3O3S. The summed E-state index contributed by atoms with van der Waals surface area (Å²) >= 11 is 1.09. The number of amidine groups is 1. The molecule has 6 nitrogen and oxygen atoms in total. The minimum absolute atomic E-state index is 0.235. The molecule has 1 fully saturated rings. The highest BCUT2D eigenvalue weighted by molar-refractivity contribution is 8.15. The predicted molar refractivity (Wildman–Crippen MR) is 95.4 cm³/mol. The van der Waals surface area contributed by atoms with Crippen LogP contribution in [0.2, 0.25) is 0 Å². The quantitative estimate of drug-likeness (QED) is 0.660. The number of carboxylic acids is 1. The first-order valence-corrected chi connectivity index (χ1v) is 8.22. The van der Waals surface area contributed by atoms with Gasteiger partial charge in [-0.15, -0.1) is 5.10 Å². The van der Waals surface area contributed by atoms with Gasteiger partial charge in [0.25, 0.3) is 0 Å². The fourth-order valence-corrected chi connectivity index (χ4v) is 3.37. The summed E-state index contributed by atoms with van der Waals surface area (Å²) in [6.07, 6.45) is -0.235. The number of rotatable bonds is 4. The van der Waals surface area contributed by atoms with Gasteiger partial charge in [-0.2, -0.15) is 5.10 Å². The summed E-state index contributed by atoms with van der Waals surface area (Å²) in [6, 6.07) is 13.9. The fourth-order valence-electron chi connectivity index (χ4n) is 2.46. The maximum Gasteiger partial charge on any atom is 0.305 e. The van der Waals surface area contributed by atoms with Crippen LogP contribution in [0.4, 0.5) is 0 Å². The number of hydrogen-bond acceptors (Lipinski definition) is 5. The first-order chi connectivity index (χ1) is 11.5. The SMILES string of the molecule is C/C(=N/N=C1/NC(=O)[C@H](CC(=O)O)S1)c1cccc2ccccc12. The molecule has 2 aromatic rings. The van der Waals surface area contributed by atoms with Crippen LogP contribution in [0.1, 0.15) is 18.9 Å². The van der Waals surface area contributed by atoms with E-state index in [9.17, 15) is 9.59 Å². The molecule has 1 saturated heterocycles. The predicted octanol–water partition coefficient (Wildman–Crippen LogP) is 2.63. The number of nitrogens with zero attached hydrogens (tertiary/aromatic N) is 2. The van der Waals surface area contributed by atoms with Crippen LogP contribution in [0.25, 0.3) is 10.8 Å². The largest absolute Gasteiger partial charge is 0.481 e. The summed E-state index contributed by atoms with van der Waals surface area (Å²) < 4.78 is 0. The first-order valence-electron chi connectivity index (χ1n) is 7.34. The molecule has 2 aromatic carbocycles. The van der Waals surface area contributed by atoms with Crippen molar-refractivity contribution in [3.8, 4) is 0 Å². The third-order valence-corrected chi connectivity index (χ3v) is 4.68. The lowest BCUT2D eigenvalue weighted by Crippen LogP contribution is -2.26. The van der Waals surface area contributed by atoms with Crippen molar-refractivity contribution < 1.29 is 14.7 Å². The van der Waals surface area contributed by atoms with Gasteiger partial charge in [-0.05, 0) is 17.7 Å². The van der Waals surface area contributed by atoms with Crippen LogP contribution >= 0.6 is 11.8 Å². The molecular weight excluding hydrogens is 326 g/mol. The van der Waals surface area contributed by atoms with Crippen molar-refractivity contribution >= 4 is 45.3 Å². The number of aliphatic carboxylic acids is 1. The normalized spacial score (nSPS) is 19.7. The molecule has 0 bridgehead atoms. The lowest BCUT2D eigenvalue weighted by Gasteiger charge is -2.04. The van der Waals surface area contributed by atoms with Gasteiger partial charge in [0, 0.05) is 5.56 Å². The van der Waals surface area contributed by atoms with Crippen LogP contribution < -0.4 is 5.32 Å². The molecule has 1 aliphatic heterocycles. The number of carboxylic acid groups (broad SMARTS) is 1. The Kier molecular flexibility index (Phi) is 4.61. The van der Waals surface area contributed by atoms with Gasteiger partial charge in [0.1, 0.15) is 5.25 Å². The Morgan fingerprint density at radius 1 is 1.25 bits per heavy atom. The number of nitrogens with one attached hydrogen (secondary N) is 1. The molecule has 1 amide bonds. The Labute approximate surface area is 142 Å². The maximum atomic E-state index is 11.7. The number of amides is 1. The highest BCUT2D eigenvalue weighted by Gasteiger charge is 2.32. The first kappa shape index (κ1) is 16.2. The average Bonchev–Trinajstić information content (AvgIpc) is 2.91. The van der Waals surface area contributed by atoms with Crippen molar-refractivity contribution in [2.45, 2.75) is 18.6 Å². The molecule has 0 saturated carbocycles. The summed E-state index contributed by atoms with van der Waals surface area (Å²) in [4.78, 5) is 22.4. The van der Waals surface area contributed by atoms with Crippen LogP contribution in [0.5, 0.6) is 0 Å². The molecule has 1 aliphatic rings. The fraction of sp³-hybridized carbons (Fsp3) is 0.176. The Morgan fingerprint density at radius 3 is 2.79 bits per heavy atom.